The fraction of sp³-hybridized carbons (Fsp3) is 0.0909. The van der Waals surface area contributed by atoms with E-state index in [1.807, 2.05) is 24.9 Å². The largest absolute Gasteiger partial charge is 0.386 e. The van der Waals surface area contributed by atoms with Crippen LogP contribution in [-0.4, -0.2) is 18.9 Å². The first-order valence-electron chi connectivity index (χ1n) is 8.55. The Balaban J connectivity index is 1.86. The molecule has 0 fully saturated rings. The first-order chi connectivity index (χ1) is 12.8. The maximum absolute atomic E-state index is 9.26. The zero-order valence-electron chi connectivity index (χ0n) is 14.5. The lowest BCUT2D eigenvalue weighted by Gasteiger charge is -2.22. The lowest BCUT2D eigenvalue weighted by molar-refractivity contribution is 0.326. The highest BCUT2D eigenvalue weighted by Gasteiger charge is 2.20. The monoisotopic (exact) mass is 360 g/mol. The number of anilines is 2. The molecule has 0 saturated carbocycles. The van der Waals surface area contributed by atoms with Crippen LogP contribution in [-0.2, 0) is 0 Å². The van der Waals surface area contributed by atoms with Crippen molar-refractivity contribution in [3.63, 3.8) is 0 Å². The Morgan fingerprint density at radius 1 is 0.885 bits per heavy atom. The maximum atomic E-state index is 9.26. The fourth-order valence-electron chi connectivity index (χ4n) is 3.24. The molecule has 0 atom stereocenters. The third kappa shape index (κ3) is 3.09. The van der Waals surface area contributed by atoms with Gasteiger partial charge in [-0.05, 0) is 52.6 Å². The van der Waals surface area contributed by atoms with Crippen LogP contribution < -0.4 is 10.6 Å². The lowest BCUT2D eigenvalue weighted by Crippen LogP contribution is -2.03. The summed E-state index contributed by atoms with van der Waals surface area (Å²) < 4.78 is 0. The van der Waals surface area contributed by atoms with Crippen LogP contribution in [0.2, 0.25) is 0 Å². The van der Waals surface area contributed by atoms with Gasteiger partial charge in [0.1, 0.15) is 6.73 Å². The standard InChI is InChI=1S/C22H20N2OS/c1-23-19-11-10-15(13-20(19)24-14-25)12-18-16-6-2-4-8-21(16)26-22-9-5-3-7-17(18)22/h2-13,23-25H,14H2,1H3. The third-order valence-corrected chi connectivity index (χ3v) is 5.62. The van der Waals surface area contributed by atoms with Crippen molar-refractivity contribution in [1.29, 1.82) is 0 Å². The van der Waals surface area contributed by atoms with E-state index in [2.05, 4.69) is 77.4 Å². The van der Waals surface area contributed by atoms with Crippen LogP contribution in [0.4, 0.5) is 11.4 Å². The summed E-state index contributed by atoms with van der Waals surface area (Å²) in [4.78, 5) is 2.55. The van der Waals surface area contributed by atoms with Crippen molar-refractivity contribution in [3.8, 4) is 0 Å². The van der Waals surface area contributed by atoms with Crippen molar-refractivity contribution in [2.45, 2.75) is 9.79 Å². The minimum Gasteiger partial charge on any atom is -0.386 e. The van der Waals surface area contributed by atoms with Crippen LogP contribution in [0.15, 0.2) is 76.5 Å². The Kier molecular flexibility index (Phi) is 4.69. The van der Waals surface area contributed by atoms with Gasteiger partial charge in [-0.3, -0.25) is 0 Å². The number of nitrogens with one attached hydrogen (secondary N) is 2. The van der Waals surface area contributed by atoms with Gasteiger partial charge in [-0.1, -0.05) is 54.2 Å². The second-order valence-corrected chi connectivity index (χ2v) is 7.13. The zero-order chi connectivity index (χ0) is 17.9. The van der Waals surface area contributed by atoms with Crippen LogP contribution in [0.5, 0.6) is 0 Å². The molecule has 3 nitrogen and oxygen atoms in total. The summed E-state index contributed by atoms with van der Waals surface area (Å²) in [5.41, 5.74) is 6.67. The highest BCUT2D eigenvalue weighted by Crippen LogP contribution is 2.45. The molecule has 1 heterocycles. The molecule has 0 saturated heterocycles. The third-order valence-electron chi connectivity index (χ3n) is 4.47. The predicted molar refractivity (Wildman–Crippen MR) is 111 cm³/mol. The molecule has 0 unspecified atom stereocenters. The van der Waals surface area contributed by atoms with Crippen molar-refractivity contribution < 1.29 is 5.11 Å². The SMILES string of the molecule is CNc1ccc(C=C2c3ccccc3Sc3ccccc32)cc1NCO. The molecule has 3 aromatic carbocycles. The number of hydrogen-bond donors (Lipinski definition) is 3. The predicted octanol–water partition coefficient (Wildman–Crippen LogP) is 5.14. The Labute approximate surface area is 157 Å². The molecule has 26 heavy (non-hydrogen) atoms. The molecular formula is C22H20N2OS. The molecule has 130 valence electrons. The van der Waals surface area contributed by atoms with Gasteiger partial charge in [0.05, 0.1) is 11.4 Å². The van der Waals surface area contributed by atoms with E-state index in [1.54, 1.807) is 0 Å². The summed E-state index contributed by atoms with van der Waals surface area (Å²) in [6.45, 7) is -0.100. The molecule has 0 aromatic heterocycles. The number of benzene rings is 3. The van der Waals surface area contributed by atoms with E-state index in [1.165, 1.54) is 26.5 Å². The Hall–Kier alpha value is -2.69. The van der Waals surface area contributed by atoms with Crippen molar-refractivity contribution in [2.75, 3.05) is 24.4 Å². The Morgan fingerprint density at radius 3 is 2.15 bits per heavy atom. The van der Waals surface area contributed by atoms with E-state index < -0.39 is 0 Å². The average molecular weight is 360 g/mol. The number of fused-ring (bicyclic) bond motifs is 2. The Bertz CT molecular complexity index is 934. The van der Waals surface area contributed by atoms with Gasteiger partial charge in [-0.15, -0.1) is 0 Å². The van der Waals surface area contributed by atoms with E-state index in [0.717, 1.165) is 16.9 Å². The second kappa shape index (κ2) is 7.28. The fourth-order valence-corrected chi connectivity index (χ4v) is 4.35. The van der Waals surface area contributed by atoms with Gasteiger partial charge in [0.2, 0.25) is 0 Å². The minimum atomic E-state index is -0.100. The molecule has 1 aliphatic heterocycles. The summed E-state index contributed by atoms with van der Waals surface area (Å²) in [6, 6.07) is 23.2. The zero-order valence-corrected chi connectivity index (χ0v) is 15.3. The van der Waals surface area contributed by atoms with Crippen LogP contribution in [0.25, 0.3) is 11.6 Å². The molecule has 4 rings (SSSR count). The molecule has 0 amide bonds. The molecule has 1 aliphatic rings. The number of aliphatic hydroxyl groups is 1. The molecule has 0 bridgehead atoms. The summed E-state index contributed by atoms with van der Waals surface area (Å²) in [5, 5.41) is 15.4. The minimum absolute atomic E-state index is 0.100. The van der Waals surface area contributed by atoms with E-state index in [4.69, 9.17) is 0 Å². The van der Waals surface area contributed by atoms with Gasteiger partial charge in [0.15, 0.2) is 0 Å². The van der Waals surface area contributed by atoms with E-state index in [-0.39, 0.29) is 6.73 Å². The molecule has 4 heteroatoms. The summed E-state index contributed by atoms with van der Waals surface area (Å²) in [5.74, 6) is 0. The Morgan fingerprint density at radius 2 is 1.54 bits per heavy atom. The number of hydrogen-bond acceptors (Lipinski definition) is 4. The van der Waals surface area contributed by atoms with Crippen LogP contribution >= 0.6 is 11.8 Å². The van der Waals surface area contributed by atoms with Gasteiger partial charge in [0.25, 0.3) is 0 Å². The first-order valence-corrected chi connectivity index (χ1v) is 9.36. The van der Waals surface area contributed by atoms with Gasteiger partial charge >= 0.3 is 0 Å². The van der Waals surface area contributed by atoms with Crippen molar-refractivity contribution in [1.82, 2.24) is 0 Å². The number of rotatable bonds is 4. The van der Waals surface area contributed by atoms with Crippen LogP contribution in [0.3, 0.4) is 0 Å². The van der Waals surface area contributed by atoms with Crippen molar-refractivity contribution in [3.05, 3.63) is 83.4 Å². The topological polar surface area (TPSA) is 44.3 Å². The maximum Gasteiger partial charge on any atom is 0.113 e. The highest BCUT2D eigenvalue weighted by atomic mass is 32.2. The first kappa shape index (κ1) is 16.8. The summed E-state index contributed by atoms with van der Waals surface area (Å²) >= 11 is 1.82. The van der Waals surface area contributed by atoms with E-state index in [9.17, 15) is 5.11 Å². The molecular weight excluding hydrogens is 340 g/mol. The molecule has 3 N–H and O–H groups in total. The summed E-state index contributed by atoms with van der Waals surface area (Å²) in [7, 11) is 1.88. The van der Waals surface area contributed by atoms with Crippen molar-refractivity contribution >= 4 is 34.8 Å². The van der Waals surface area contributed by atoms with Gasteiger partial charge in [-0.2, -0.15) is 0 Å². The molecule has 3 aromatic rings. The highest BCUT2D eigenvalue weighted by molar-refractivity contribution is 7.99. The lowest BCUT2D eigenvalue weighted by atomic mass is 9.95. The van der Waals surface area contributed by atoms with Gasteiger partial charge in [0, 0.05) is 16.8 Å². The molecule has 0 spiro atoms. The van der Waals surface area contributed by atoms with Gasteiger partial charge < -0.3 is 15.7 Å². The molecule has 0 radical (unpaired) electrons. The van der Waals surface area contributed by atoms with E-state index in [0.29, 0.717) is 0 Å². The van der Waals surface area contributed by atoms with Crippen LogP contribution in [0.1, 0.15) is 16.7 Å². The smallest absolute Gasteiger partial charge is 0.113 e. The quantitative estimate of drug-likeness (QED) is 0.441. The van der Waals surface area contributed by atoms with Crippen molar-refractivity contribution in [2.24, 2.45) is 0 Å². The average Bonchev–Trinajstić information content (AvgIpc) is 2.68. The van der Waals surface area contributed by atoms with E-state index >= 15 is 0 Å². The molecule has 0 aliphatic carbocycles. The second-order valence-electron chi connectivity index (χ2n) is 6.04. The summed E-state index contributed by atoms with van der Waals surface area (Å²) in [6.07, 6.45) is 2.22. The number of aliphatic hydroxyl groups excluding tert-OH is 1. The van der Waals surface area contributed by atoms with Gasteiger partial charge in [-0.25, -0.2) is 0 Å². The van der Waals surface area contributed by atoms with Crippen LogP contribution in [0, 0.1) is 0 Å². The normalized spacial score (nSPS) is 12.2.